The van der Waals surface area contributed by atoms with Crippen molar-refractivity contribution in [3.05, 3.63) is 35.4 Å². The highest BCUT2D eigenvalue weighted by atomic mass is 32.1. The second kappa shape index (κ2) is 6.23. The SMILES string of the molecule is CCCOC(=O)c1cccc(CC(N)=S)c1. The van der Waals surface area contributed by atoms with Gasteiger partial charge in [-0.1, -0.05) is 31.3 Å². The van der Waals surface area contributed by atoms with E-state index in [1.165, 1.54) is 0 Å². The van der Waals surface area contributed by atoms with Crippen LogP contribution in [-0.4, -0.2) is 17.6 Å². The number of rotatable bonds is 5. The van der Waals surface area contributed by atoms with Gasteiger partial charge in [-0.3, -0.25) is 0 Å². The standard InChI is InChI=1S/C12H15NO2S/c1-2-6-15-12(14)10-5-3-4-9(7-10)8-11(13)16/h3-5,7H,2,6,8H2,1H3,(H2,13,16). The van der Waals surface area contributed by atoms with Crippen LogP contribution < -0.4 is 5.73 Å². The fourth-order valence-electron chi connectivity index (χ4n) is 1.29. The zero-order valence-corrected chi connectivity index (χ0v) is 10.0. The van der Waals surface area contributed by atoms with E-state index in [9.17, 15) is 4.79 Å². The van der Waals surface area contributed by atoms with Crippen LogP contribution in [0.2, 0.25) is 0 Å². The second-order valence-electron chi connectivity index (χ2n) is 3.48. The zero-order chi connectivity index (χ0) is 12.0. The fourth-order valence-corrected chi connectivity index (χ4v) is 1.45. The molecule has 0 radical (unpaired) electrons. The number of hydrogen-bond acceptors (Lipinski definition) is 3. The maximum atomic E-state index is 11.6. The summed E-state index contributed by atoms with van der Waals surface area (Å²) in [6, 6.07) is 7.17. The fraction of sp³-hybridized carbons (Fsp3) is 0.333. The highest BCUT2D eigenvalue weighted by molar-refractivity contribution is 7.80. The Kier molecular flexibility index (Phi) is 4.92. The number of carbonyl (C=O) groups excluding carboxylic acids is 1. The van der Waals surface area contributed by atoms with Gasteiger partial charge < -0.3 is 10.5 Å². The van der Waals surface area contributed by atoms with Gasteiger partial charge in [0.05, 0.1) is 17.2 Å². The number of thiocarbonyl (C=S) groups is 1. The van der Waals surface area contributed by atoms with Crippen LogP contribution in [0.4, 0.5) is 0 Å². The molecule has 1 aromatic rings. The van der Waals surface area contributed by atoms with E-state index in [1.54, 1.807) is 18.2 Å². The van der Waals surface area contributed by atoms with Crippen molar-refractivity contribution < 1.29 is 9.53 Å². The molecule has 0 heterocycles. The quantitative estimate of drug-likeness (QED) is 0.629. The van der Waals surface area contributed by atoms with Gasteiger partial charge in [0, 0.05) is 6.42 Å². The van der Waals surface area contributed by atoms with Crippen LogP contribution in [-0.2, 0) is 11.2 Å². The van der Waals surface area contributed by atoms with Crippen LogP contribution in [0.5, 0.6) is 0 Å². The molecule has 0 aliphatic heterocycles. The summed E-state index contributed by atoms with van der Waals surface area (Å²) in [4.78, 5) is 12.0. The first kappa shape index (κ1) is 12.6. The van der Waals surface area contributed by atoms with Crippen molar-refractivity contribution in [1.29, 1.82) is 0 Å². The third-order valence-electron chi connectivity index (χ3n) is 1.98. The molecule has 1 aromatic carbocycles. The Balaban J connectivity index is 2.73. The van der Waals surface area contributed by atoms with E-state index in [4.69, 9.17) is 22.7 Å². The average Bonchev–Trinajstić information content (AvgIpc) is 2.25. The number of hydrogen-bond donors (Lipinski definition) is 1. The summed E-state index contributed by atoms with van der Waals surface area (Å²) in [5.41, 5.74) is 6.92. The van der Waals surface area contributed by atoms with Gasteiger partial charge in [-0.2, -0.15) is 0 Å². The van der Waals surface area contributed by atoms with Gasteiger partial charge in [0.2, 0.25) is 0 Å². The van der Waals surface area contributed by atoms with Gasteiger partial charge in [-0.25, -0.2) is 4.79 Å². The monoisotopic (exact) mass is 237 g/mol. The van der Waals surface area contributed by atoms with Crippen LogP contribution in [0.1, 0.15) is 29.3 Å². The lowest BCUT2D eigenvalue weighted by atomic mass is 10.1. The van der Waals surface area contributed by atoms with Crippen LogP contribution in [0.25, 0.3) is 0 Å². The normalized spacial score (nSPS) is 9.81. The molecule has 0 spiro atoms. The molecule has 2 N–H and O–H groups in total. The number of esters is 1. The molecule has 16 heavy (non-hydrogen) atoms. The lowest BCUT2D eigenvalue weighted by molar-refractivity contribution is 0.0505. The Morgan fingerprint density at radius 2 is 2.25 bits per heavy atom. The molecule has 0 fully saturated rings. The van der Waals surface area contributed by atoms with E-state index >= 15 is 0 Å². The average molecular weight is 237 g/mol. The van der Waals surface area contributed by atoms with Crippen LogP contribution in [0, 0.1) is 0 Å². The summed E-state index contributed by atoms with van der Waals surface area (Å²) in [5, 5.41) is 0. The first-order valence-electron chi connectivity index (χ1n) is 5.18. The van der Waals surface area contributed by atoms with Crippen molar-refractivity contribution in [1.82, 2.24) is 0 Å². The Bertz CT molecular complexity index is 390. The van der Waals surface area contributed by atoms with E-state index in [0.717, 1.165) is 12.0 Å². The predicted molar refractivity (Wildman–Crippen MR) is 67.5 cm³/mol. The highest BCUT2D eigenvalue weighted by Crippen LogP contribution is 2.08. The maximum Gasteiger partial charge on any atom is 0.338 e. The van der Waals surface area contributed by atoms with E-state index < -0.39 is 0 Å². The predicted octanol–water partition coefficient (Wildman–Crippen LogP) is 2.08. The van der Waals surface area contributed by atoms with E-state index in [1.807, 2.05) is 13.0 Å². The number of nitrogens with two attached hydrogens (primary N) is 1. The molecule has 1 rings (SSSR count). The van der Waals surface area contributed by atoms with Crippen LogP contribution >= 0.6 is 12.2 Å². The topological polar surface area (TPSA) is 52.3 Å². The van der Waals surface area contributed by atoms with Gasteiger partial charge in [-0.15, -0.1) is 0 Å². The summed E-state index contributed by atoms with van der Waals surface area (Å²) >= 11 is 4.82. The summed E-state index contributed by atoms with van der Waals surface area (Å²) in [6.45, 7) is 2.40. The largest absolute Gasteiger partial charge is 0.462 e. The molecule has 3 nitrogen and oxygen atoms in total. The minimum Gasteiger partial charge on any atom is -0.462 e. The Morgan fingerprint density at radius 1 is 1.50 bits per heavy atom. The summed E-state index contributed by atoms with van der Waals surface area (Å²) in [6.07, 6.45) is 1.32. The second-order valence-corrected chi connectivity index (χ2v) is 4.00. The molecule has 86 valence electrons. The molecular weight excluding hydrogens is 222 g/mol. The van der Waals surface area contributed by atoms with Gasteiger partial charge in [0.25, 0.3) is 0 Å². The first-order valence-corrected chi connectivity index (χ1v) is 5.58. The zero-order valence-electron chi connectivity index (χ0n) is 9.23. The Morgan fingerprint density at radius 3 is 2.88 bits per heavy atom. The molecule has 0 unspecified atom stereocenters. The van der Waals surface area contributed by atoms with Gasteiger partial charge in [0.15, 0.2) is 0 Å². The molecule has 0 bridgehead atoms. The lowest BCUT2D eigenvalue weighted by Gasteiger charge is -2.05. The third kappa shape index (κ3) is 3.98. The molecular formula is C12H15NO2S. The van der Waals surface area contributed by atoms with Gasteiger partial charge in [0.1, 0.15) is 0 Å². The Hall–Kier alpha value is -1.42. The summed E-state index contributed by atoms with van der Waals surface area (Å²) < 4.78 is 5.03. The number of carbonyl (C=O) groups is 1. The lowest BCUT2D eigenvalue weighted by Crippen LogP contribution is -2.12. The van der Waals surface area contributed by atoms with Crippen molar-refractivity contribution in [3.63, 3.8) is 0 Å². The smallest absolute Gasteiger partial charge is 0.338 e. The van der Waals surface area contributed by atoms with Crippen molar-refractivity contribution in [2.24, 2.45) is 5.73 Å². The van der Waals surface area contributed by atoms with Crippen molar-refractivity contribution in [3.8, 4) is 0 Å². The van der Waals surface area contributed by atoms with Crippen LogP contribution in [0.15, 0.2) is 24.3 Å². The number of ether oxygens (including phenoxy) is 1. The minimum atomic E-state index is -0.299. The highest BCUT2D eigenvalue weighted by Gasteiger charge is 2.07. The van der Waals surface area contributed by atoms with Gasteiger partial charge in [-0.05, 0) is 24.1 Å². The van der Waals surface area contributed by atoms with Crippen molar-refractivity contribution in [2.75, 3.05) is 6.61 Å². The molecule has 0 aliphatic rings. The first-order chi connectivity index (χ1) is 7.63. The van der Waals surface area contributed by atoms with Crippen molar-refractivity contribution in [2.45, 2.75) is 19.8 Å². The molecule has 4 heteroatoms. The number of benzene rings is 1. The molecule has 0 saturated carbocycles. The Labute approximate surface area is 101 Å². The van der Waals surface area contributed by atoms with E-state index in [2.05, 4.69) is 0 Å². The van der Waals surface area contributed by atoms with E-state index in [0.29, 0.717) is 23.6 Å². The van der Waals surface area contributed by atoms with Crippen LogP contribution in [0.3, 0.4) is 0 Å². The summed E-state index contributed by atoms with van der Waals surface area (Å²) in [7, 11) is 0. The van der Waals surface area contributed by atoms with Gasteiger partial charge >= 0.3 is 5.97 Å². The molecule has 0 amide bonds. The molecule has 0 saturated heterocycles. The van der Waals surface area contributed by atoms with Crippen molar-refractivity contribution >= 4 is 23.2 Å². The molecule has 0 aliphatic carbocycles. The molecule has 0 aromatic heterocycles. The van der Waals surface area contributed by atoms with E-state index in [-0.39, 0.29) is 5.97 Å². The maximum absolute atomic E-state index is 11.6. The third-order valence-corrected chi connectivity index (χ3v) is 2.12. The summed E-state index contributed by atoms with van der Waals surface area (Å²) in [5.74, 6) is -0.299. The minimum absolute atomic E-state index is 0.299. The molecule has 0 atom stereocenters.